The Hall–Kier alpha value is -1.58. The predicted octanol–water partition coefficient (Wildman–Crippen LogP) is 2.25. The highest BCUT2D eigenvalue weighted by atomic mass is 16.5. The summed E-state index contributed by atoms with van der Waals surface area (Å²) in [5, 5.41) is 0. The first kappa shape index (κ1) is 14.5. The minimum Gasteiger partial charge on any atom is -0.461 e. The van der Waals surface area contributed by atoms with Crippen molar-refractivity contribution in [1.82, 2.24) is 0 Å². The van der Waals surface area contributed by atoms with Crippen molar-refractivity contribution in [3.05, 3.63) is 25.3 Å². The molecule has 0 saturated heterocycles. The highest BCUT2D eigenvalue weighted by molar-refractivity contribution is 5.82. The van der Waals surface area contributed by atoms with Crippen LogP contribution < -0.4 is 0 Å². The van der Waals surface area contributed by atoms with Gasteiger partial charge >= 0.3 is 11.9 Å². The molecule has 0 aromatic carbocycles. The Balaban J connectivity index is 2.60. The maximum absolute atomic E-state index is 11.8. The van der Waals surface area contributed by atoms with Crippen LogP contribution in [0.3, 0.4) is 0 Å². The number of ether oxygens (including phenoxy) is 2. The molecule has 0 amide bonds. The molecule has 2 atom stereocenters. The zero-order valence-corrected chi connectivity index (χ0v) is 10.6. The second kappa shape index (κ2) is 7.69. The Morgan fingerprint density at radius 2 is 1.33 bits per heavy atom. The predicted molar refractivity (Wildman–Crippen MR) is 67.8 cm³/mol. The lowest BCUT2D eigenvalue weighted by atomic mass is 9.79. The van der Waals surface area contributed by atoms with Crippen molar-refractivity contribution in [2.45, 2.75) is 25.7 Å². The molecule has 4 heteroatoms. The lowest BCUT2D eigenvalue weighted by molar-refractivity contribution is -0.161. The zero-order valence-electron chi connectivity index (χ0n) is 10.6. The molecule has 0 unspecified atom stereocenters. The van der Waals surface area contributed by atoms with Gasteiger partial charge in [0.2, 0.25) is 0 Å². The first-order valence-corrected chi connectivity index (χ1v) is 6.25. The molecular weight excluding hydrogens is 232 g/mol. The Bertz CT molecular complexity index is 290. The van der Waals surface area contributed by atoms with Gasteiger partial charge in [-0.05, 0) is 12.8 Å². The molecule has 1 fully saturated rings. The third kappa shape index (κ3) is 4.02. The summed E-state index contributed by atoms with van der Waals surface area (Å²) in [5.41, 5.74) is 0. The molecule has 0 bridgehead atoms. The third-order valence-electron chi connectivity index (χ3n) is 3.06. The van der Waals surface area contributed by atoms with Crippen LogP contribution in [0.4, 0.5) is 0 Å². The molecular formula is C14H20O4. The van der Waals surface area contributed by atoms with Crippen molar-refractivity contribution in [2.75, 3.05) is 13.2 Å². The largest absolute Gasteiger partial charge is 0.461 e. The lowest BCUT2D eigenvalue weighted by Gasteiger charge is -2.27. The molecule has 1 rings (SSSR count). The Kier molecular flexibility index (Phi) is 6.19. The third-order valence-corrected chi connectivity index (χ3v) is 3.06. The van der Waals surface area contributed by atoms with Crippen LogP contribution in [-0.4, -0.2) is 25.2 Å². The molecule has 1 saturated carbocycles. The van der Waals surface area contributed by atoms with Crippen LogP contribution in [0.2, 0.25) is 0 Å². The van der Waals surface area contributed by atoms with Crippen LogP contribution in [-0.2, 0) is 19.1 Å². The summed E-state index contributed by atoms with van der Waals surface area (Å²) in [6, 6.07) is 0. The van der Waals surface area contributed by atoms with E-state index in [0.717, 1.165) is 12.8 Å². The smallest absolute Gasteiger partial charge is 0.310 e. The SMILES string of the molecule is C=CCOC(=O)[C@H]1CCCC[C@H]1C(=O)OCC=C. The fraction of sp³-hybridized carbons (Fsp3) is 0.571. The molecule has 0 heterocycles. The summed E-state index contributed by atoms with van der Waals surface area (Å²) in [7, 11) is 0. The summed E-state index contributed by atoms with van der Waals surface area (Å²) in [6.45, 7) is 7.35. The molecule has 0 aromatic rings. The fourth-order valence-corrected chi connectivity index (χ4v) is 2.19. The van der Waals surface area contributed by atoms with Crippen molar-refractivity contribution in [1.29, 1.82) is 0 Å². The molecule has 0 radical (unpaired) electrons. The van der Waals surface area contributed by atoms with Crippen LogP contribution in [0.1, 0.15) is 25.7 Å². The second-order valence-corrected chi connectivity index (χ2v) is 4.33. The van der Waals surface area contributed by atoms with Crippen molar-refractivity contribution >= 4 is 11.9 Å². The van der Waals surface area contributed by atoms with E-state index in [2.05, 4.69) is 13.2 Å². The van der Waals surface area contributed by atoms with Crippen molar-refractivity contribution in [3.8, 4) is 0 Å². The average molecular weight is 252 g/mol. The zero-order chi connectivity index (χ0) is 13.4. The summed E-state index contributed by atoms with van der Waals surface area (Å²) in [4.78, 5) is 23.7. The highest BCUT2D eigenvalue weighted by Gasteiger charge is 2.37. The summed E-state index contributed by atoms with van der Waals surface area (Å²) in [5.74, 6) is -1.41. The van der Waals surface area contributed by atoms with E-state index in [4.69, 9.17) is 9.47 Å². The quantitative estimate of drug-likeness (QED) is 0.537. The summed E-state index contributed by atoms with van der Waals surface area (Å²) in [6.07, 6.45) is 6.30. The maximum Gasteiger partial charge on any atom is 0.310 e. The molecule has 1 aliphatic carbocycles. The van der Waals surface area contributed by atoms with E-state index in [1.54, 1.807) is 0 Å². The van der Waals surface area contributed by atoms with Crippen LogP contribution in [0.25, 0.3) is 0 Å². The van der Waals surface area contributed by atoms with Gasteiger partial charge in [0.05, 0.1) is 11.8 Å². The van der Waals surface area contributed by atoms with E-state index in [1.165, 1.54) is 12.2 Å². The van der Waals surface area contributed by atoms with Gasteiger partial charge in [0.15, 0.2) is 0 Å². The van der Waals surface area contributed by atoms with Gasteiger partial charge in [0.1, 0.15) is 13.2 Å². The van der Waals surface area contributed by atoms with E-state index in [9.17, 15) is 9.59 Å². The Labute approximate surface area is 108 Å². The Morgan fingerprint density at radius 3 is 1.67 bits per heavy atom. The monoisotopic (exact) mass is 252 g/mol. The first-order valence-electron chi connectivity index (χ1n) is 6.25. The van der Waals surface area contributed by atoms with E-state index in [0.29, 0.717) is 12.8 Å². The molecule has 0 N–H and O–H groups in total. The molecule has 1 aliphatic rings. The van der Waals surface area contributed by atoms with Gasteiger partial charge in [-0.15, -0.1) is 0 Å². The normalized spacial score (nSPS) is 22.9. The number of rotatable bonds is 6. The van der Waals surface area contributed by atoms with Gasteiger partial charge in [-0.25, -0.2) is 0 Å². The van der Waals surface area contributed by atoms with Crippen LogP contribution in [0.15, 0.2) is 25.3 Å². The maximum atomic E-state index is 11.8. The summed E-state index contributed by atoms with van der Waals surface area (Å²) < 4.78 is 10.1. The molecule has 0 spiro atoms. The van der Waals surface area contributed by atoms with Crippen LogP contribution in [0.5, 0.6) is 0 Å². The van der Waals surface area contributed by atoms with E-state index in [1.807, 2.05) is 0 Å². The van der Waals surface area contributed by atoms with Gasteiger partial charge in [0, 0.05) is 0 Å². The molecule has 0 aromatic heterocycles. The minimum absolute atomic E-state index is 0.184. The Morgan fingerprint density at radius 1 is 0.944 bits per heavy atom. The standard InChI is InChI=1S/C14H20O4/c1-3-9-17-13(15)11-7-5-6-8-12(11)14(16)18-10-4-2/h3-4,11-12H,1-2,5-10H2/t11-,12+. The van der Waals surface area contributed by atoms with E-state index in [-0.39, 0.29) is 37.0 Å². The lowest BCUT2D eigenvalue weighted by Crippen LogP contribution is -2.35. The van der Waals surface area contributed by atoms with Crippen LogP contribution in [0, 0.1) is 11.8 Å². The number of hydrogen-bond donors (Lipinski definition) is 0. The number of carbonyl (C=O) groups excluding carboxylic acids is 2. The number of carbonyl (C=O) groups is 2. The average Bonchev–Trinajstić information content (AvgIpc) is 2.42. The second-order valence-electron chi connectivity index (χ2n) is 4.33. The van der Waals surface area contributed by atoms with Gasteiger partial charge < -0.3 is 9.47 Å². The molecule has 0 aliphatic heterocycles. The summed E-state index contributed by atoms with van der Waals surface area (Å²) >= 11 is 0. The van der Waals surface area contributed by atoms with Crippen molar-refractivity contribution in [3.63, 3.8) is 0 Å². The fourth-order valence-electron chi connectivity index (χ4n) is 2.19. The molecule has 18 heavy (non-hydrogen) atoms. The van der Waals surface area contributed by atoms with Gasteiger partial charge in [0.25, 0.3) is 0 Å². The minimum atomic E-state index is -0.379. The topological polar surface area (TPSA) is 52.6 Å². The molecule has 4 nitrogen and oxygen atoms in total. The van der Waals surface area contributed by atoms with E-state index < -0.39 is 0 Å². The molecule has 100 valence electrons. The highest BCUT2D eigenvalue weighted by Crippen LogP contribution is 2.32. The van der Waals surface area contributed by atoms with E-state index >= 15 is 0 Å². The first-order chi connectivity index (χ1) is 8.70. The number of esters is 2. The van der Waals surface area contributed by atoms with Gasteiger partial charge in [-0.1, -0.05) is 38.2 Å². The van der Waals surface area contributed by atoms with Crippen LogP contribution >= 0.6 is 0 Å². The van der Waals surface area contributed by atoms with Gasteiger partial charge in [-0.3, -0.25) is 9.59 Å². The van der Waals surface area contributed by atoms with Gasteiger partial charge in [-0.2, -0.15) is 0 Å². The van der Waals surface area contributed by atoms with Crippen molar-refractivity contribution < 1.29 is 19.1 Å². The number of hydrogen-bond acceptors (Lipinski definition) is 4. The van der Waals surface area contributed by atoms with Crippen molar-refractivity contribution in [2.24, 2.45) is 11.8 Å².